The van der Waals surface area contributed by atoms with Gasteiger partial charge >= 0.3 is 5.97 Å². The molecule has 8 heteroatoms. The lowest BCUT2D eigenvalue weighted by atomic mass is 10.1. The summed E-state index contributed by atoms with van der Waals surface area (Å²) >= 11 is 0. The fourth-order valence-electron chi connectivity index (χ4n) is 2.78. The van der Waals surface area contributed by atoms with Gasteiger partial charge in [-0.3, -0.25) is 9.59 Å². The van der Waals surface area contributed by atoms with Crippen LogP contribution >= 0.6 is 0 Å². The van der Waals surface area contributed by atoms with Crippen LogP contribution in [-0.4, -0.2) is 11.1 Å². The number of rotatable bonds is 7. The van der Waals surface area contributed by atoms with Crippen molar-refractivity contribution in [1.29, 1.82) is 0 Å². The van der Waals surface area contributed by atoms with Crippen LogP contribution in [0.25, 0.3) is 0 Å². The minimum absolute atomic E-state index is 0.0148. The van der Waals surface area contributed by atoms with Gasteiger partial charge in [-0.15, -0.1) is 0 Å². The van der Waals surface area contributed by atoms with Crippen molar-refractivity contribution in [3.05, 3.63) is 73.7 Å². The summed E-state index contributed by atoms with van der Waals surface area (Å²) in [6, 6.07) is 6.33. The maximum Gasteiger partial charge on any atom is 0.337 e. The van der Waals surface area contributed by atoms with Gasteiger partial charge in [-0.1, -0.05) is 6.92 Å². The highest BCUT2D eigenvalue weighted by Gasteiger charge is 2.26. The molecule has 7 nitrogen and oxygen atoms in total. The number of carboxylic acid groups (broad SMARTS) is 1. The Kier molecular flexibility index (Phi) is 4.81. The third kappa shape index (κ3) is 3.46. The fraction of sp³-hybridized carbons (Fsp3) is 0.211. The Balaban J connectivity index is 1.92. The van der Waals surface area contributed by atoms with E-state index in [1.165, 1.54) is 6.07 Å². The van der Waals surface area contributed by atoms with Crippen LogP contribution in [0.5, 0.6) is 0 Å². The predicted octanol–water partition coefficient (Wildman–Crippen LogP) is 3.33. The maximum atomic E-state index is 13.3. The zero-order valence-electron chi connectivity index (χ0n) is 14.6. The van der Waals surface area contributed by atoms with E-state index < -0.39 is 22.6 Å². The highest BCUT2D eigenvalue weighted by molar-refractivity contribution is 5.96. The standard InChI is InChI=1S/C19H17FN2O5/c1-3-12(14-7-4-9(2)27-14)21-15-16(18(24)17(15)23)22-13-6-5-10(20)8-11(13)19(25)26/h4-8,12,21-22H,3H2,1-2H3,(H,25,26)/t12-/m1/s1. The molecule has 3 aromatic rings. The monoisotopic (exact) mass is 372 g/mol. The Labute approximate surface area is 153 Å². The Hall–Kier alpha value is -3.42. The average molecular weight is 372 g/mol. The third-order valence-corrected chi connectivity index (χ3v) is 4.21. The lowest BCUT2D eigenvalue weighted by Crippen LogP contribution is -2.37. The highest BCUT2D eigenvalue weighted by Crippen LogP contribution is 2.29. The molecule has 2 aromatic carbocycles. The van der Waals surface area contributed by atoms with E-state index in [0.29, 0.717) is 17.9 Å². The molecule has 1 heterocycles. The molecule has 0 amide bonds. The van der Waals surface area contributed by atoms with Gasteiger partial charge in [0.1, 0.15) is 28.7 Å². The number of aromatic carboxylic acids is 1. The minimum atomic E-state index is -1.36. The first kappa shape index (κ1) is 18.4. The molecule has 0 aliphatic rings. The topological polar surface area (TPSA) is 109 Å². The van der Waals surface area contributed by atoms with E-state index in [2.05, 4.69) is 10.6 Å². The van der Waals surface area contributed by atoms with E-state index in [1.807, 2.05) is 6.92 Å². The van der Waals surface area contributed by atoms with Crippen LogP contribution in [0.1, 0.15) is 41.3 Å². The lowest BCUT2D eigenvalue weighted by molar-refractivity contribution is 0.0697. The number of carbonyl (C=O) groups is 1. The molecular formula is C19H17FN2O5. The zero-order valence-corrected chi connectivity index (χ0v) is 14.6. The largest absolute Gasteiger partial charge is 0.478 e. The van der Waals surface area contributed by atoms with Gasteiger partial charge in [-0.2, -0.15) is 0 Å². The molecule has 0 saturated carbocycles. The second-order valence-corrected chi connectivity index (χ2v) is 6.08. The van der Waals surface area contributed by atoms with Crippen molar-refractivity contribution in [3.8, 4) is 0 Å². The molecule has 140 valence electrons. The van der Waals surface area contributed by atoms with Gasteiger partial charge < -0.3 is 20.2 Å². The van der Waals surface area contributed by atoms with Crippen LogP contribution in [0, 0.1) is 12.7 Å². The molecule has 1 atom stereocenters. The van der Waals surface area contributed by atoms with Crippen molar-refractivity contribution in [2.45, 2.75) is 26.3 Å². The molecule has 1 aromatic heterocycles. The normalized spacial score (nSPS) is 12.1. The second kappa shape index (κ2) is 7.06. The Bertz CT molecular complexity index is 1080. The summed E-state index contributed by atoms with van der Waals surface area (Å²) in [6.07, 6.45) is 0.585. The molecule has 0 spiro atoms. The van der Waals surface area contributed by atoms with Crippen LogP contribution in [-0.2, 0) is 0 Å². The summed E-state index contributed by atoms with van der Waals surface area (Å²) in [4.78, 5) is 35.3. The summed E-state index contributed by atoms with van der Waals surface area (Å²) in [5.74, 6) is -0.753. The van der Waals surface area contributed by atoms with E-state index in [-0.39, 0.29) is 28.7 Å². The number of halogens is 1. The Morgan fingerprint density at radius 3 is 2.48 bits per heavy atom. The van der Waals surface area contributed by atoms with E-state index in [1.54, 1.807) is 19.1 Å². The van der Waals surface area contributed by atoms with Gasteiger partial charge in [0.25, 0.3) is 10.9 Å². The van der Waals surface area contributed by atoms with Gasteiger partial charge in [0.2, 0.25) is 0 Å². The smallest absolute Gasteiger partial charge is 0.337 e. The number of hydrogen-bond donors (Lipinski definition) is 3. The van der Waals surface area contributed by atoms with Crippen LogP contribution in [0.15, 0.2) is 44.3 Å². The molecular weight excluding hydrogens is 355 g/mol. The maximum absolute atomic E-state index is 13.3. The van der Waals surface area contributed by atoms with Crippen LogP contribution in [0.2, 0.25) is 0 Å². The van der Waals surface area contributed by atoms with Crippen LogP contribution in [0.3, 0.4) is 0 Å². The molecule has 0 aliphatic heterocycles. The fourth-order valence-corrected chi connectivity index (χ4v) is 2.78. The molecule has 0 fully saturated rings. The van der Waals surface area contributed by atoms with Gasteiger partial charge in [0.05, 0.1) is 17.3 Å². The molecule has 27 heavy (non-hydrogen) atoms. The van der Waals surface area contributed by atoms with E-state index in [0.717, 1.165) is 12.1 Å². The summed E-state index contributed by atoms with van der Waals surface area (Å²) in [6.45, 7) is 3.68. The lowest BCUT2D eigenvalue weighted by Gasteiger charge is -2.20. The average Bonchev–Trinajstić information content (AvgIpc) is 3.07. The van der Waals surface area contributed by atoms with Gasteiger partial charge in [0, 0.05) is 0 Å². The molecule has 0 unspecified atom stereocenters. The number of furan rings is 1. The third-order valence-electron chi connectivity index (χ3n) is 4.21. The van der Waals surface area contributed by atoms with E-state index in [4.69, 9.17) is 4.42 Å². The number of aryl methyl sites for hydroxylation is 1. The van der Waals surface area contributed by atoms with E-state index in [9.17, 15) is 23.9 Å². The van der Waals surface area contributed by atoms with Crippen molar-refractivity contribution < 1.29 is 18.7 Å². The van der Waals surface area contributed by atoms with Crippen molar-refractivity contribution in [3.63, 3.8) is 0 Å². The van der Waals surface area contributed by atoms with E-state index >= 15 is 0 Å². The molecule has 3 rings (SSSR count). The van der Waals surface area contributed by atoms with Crippen LogP contribution < -0.4 is 21.5 Å². The number of nitrogens with one attached hydrogen (secondary N) is 2. The van der Waals surface area contributed by atoms with Crippen molar-refractivity contribution in [2.24, 2.45) is 0 Å². The van der Waals surface area contributed by atoms with Crippen molar-refractivity contribution in [2.75, 3.05) is 10.6 Å². The number of anilines is 3. The van der Waals surface area contributed by atoms with Gasteiger partial charge in [-0.25, -0.2) is 9.18 Å². The SMILES string of the molecule is CC[C@@H](Nc1c(Nc2ccc(F)cc2C(=O)O)c(=O)c1=O)c1ccc(C)o1. The Morgan fingerprint density at radius 1 is 1.19 bits per heavy atom. The second-order valence-electron chi connectivity index (χ2n) is 6.08. The number of benzene rings is 1. The summed E-state index contributed by atoms with van der Waals surface area (Å²) < 4.78 is 18.9. The first-order valence-corrected chi connectivity index (χ1v) is 8.27. The number of hydrogen-bond acceptors (Lipinski definition) is 6. The van der Waals surface area contributed by atoms with Crippen molar-refractivity contribution in [1.82, 2.24) is 0 Å². The minimum Gasteiger partial charge on any atom is -0.478 e. The van der Waals surface area contributed by atoms with Gasteiger partial charge in [-0.05, 0) is 43.7 Å². The number of carboxylic acids is 1. The molecule has 0 radical (unpaired) electrons. The predicted molar refractivity (Wildman–Crippen MR) is 98.1 cm³/mol. The quantitative estimate of drug-likeness (QED) is 0.546. The highest BCUT2D eigenvalue weighted by atomic mass is 19.1. The van der Waals surface area contributed by atoms with Crippen LogP contribution in [0.4, 0.5) is 21.5 Å². The van der Waals surface area contributed by atoms with Crippen molar-refractivity contribution >= 4 is 23.0 Å². The molecule has 0 aliphatic carbocycles. The zero-order chi connectivity index (χ0) is 19.7. The first-order valence-electron chi connectivity index (χ1n) is 8.27. The molecule has 0 bridgehead atoms. The van der Waals surface area contributed by atoms with Gasteiger partial charge in [0.15, 0.2) is 0 Å². The molecule has 3 N–H and O–H groups in total. The summed E-state index contributed by atoms with van der Waals surface area (Å²) in [7, 11) is 0. The summed E-state index contributed by atoms with van der Waals surface area (Å²) in [5, 5.41) is 14.8. The molecule has 0 saturated heterocycles. The Morgan fingerprint density at radius 2 is 1.89 bits per heavy atom. The first-order chi connectivity index (χ1) is 12.8. The summed E-state index contributed by atoms with van der Waals surface area (Å²) in [5.41, 5.74) is -1.83.